The van der Waals surface area contributed by atoms with Gasteiger partial charge in [-0.05, 0) is 83.2 Å². The minimum Gasteiger partial charge on any atom is -0.332 e. The molecule has 0 aromatic carbocycles. The van der Waals surface area contributed by atoms with Gasteiger partial charge in [0.25, 0.3) is 0 Å². The summed E-state index contributed by atoms with van der Waals surface area (Å²) in [6, 6.07) is 0. The quantitative estimate of drug-likeness (QED) is 0.621. The average molecular weight is 447 g/mol. The molecule has 1 aromatic heterocycles. The molecule has 5 rings (SSSR count). The summed E-state index contributed by atoms with van der Waals surface area (Å²) in [5, 5.41) is 3.57. The smallest absolute Gasteiger partial charge is 0.245 e. The number of carbonyl (C=O) groups excluding carboxylic acids is 2. The molecule has 172 valence electrons. The Balaban J connectivity index is 1.48. The summed E-state index contributed by atoms with van der Waals surface area (Å²) >= 11 is 1.50. The van der Waals surface area contributed by atoms with Crippen molar-refractivity contribution in [3.05, 3.63) is 10.6 Å². The number of likely N-dealkylation sites (N-methyl/N-ethyl adjacent to an activating group) is 1. The Morgan fingerprint density at radius 1 is 1.03 bits per heavy atom. The maximum absolute atomic E-state index is 13.9. The minimum atomic E-state index is -0.216. The lowest BCUT2D eigenvalue weighted by atomic mass is 9.49. The molecule has 4 aliphatic carbocycles. The van der Waals surface area contributed by atoms with E-state index in [1.54, 1.807) is 0 Å². The van der Waals surface area contributed by atoms with Crippen molar-refractivity contribution in [2.75, 3.05) is 38.0 Å². The van der Waals surface area contributed by atoms with Crippen molar-refractivity contribution in [1.29, 1.82) is 0 Å². The Morgan fingerprint density at radius 3 is 2.10 bits per heavy atom. The third-order valence-corrected chi connectivity index (χ3v) is 8.96. The largest absolute Gasteiger partial charge is 0.332 e. The molecule has 0 saturated heterocycles. The van der Waals surface area contributed by atoms with Gasteiger partial charge >= 0.3 is 0 Å². The van der Waals surface area contributed by atoms with E-state index in [4.69, 9.17) is 0 Å². The molecule has 0 aliphatic heterocycles. The van der Waals surface area contributed by atoms with Crippen LogP contribution in [0.4, 0.5) is 5.13 Å². The standard InChI is InChI=1S/C24H38N4O2S/c1-5-27(6-2)7-8-28(15-21(29)26-23-25-16(3)17(4)31-23)22(30)24-12-18-9-19(13-24)11-20(10-18)14-24/h18-20H,5-15H2,1-4H3,(H,25,26,29). The van der Waals surface area contributed by atoms with Crippen molar-refractivity contribution in [3.8, 4) is 0 Å². The summed E-state index contributed by atoms with van der Waals surface area (Å²) < 4.78 is 0. The fourth-order valence-electron chi connectivity index (χ4n) is 6.62. The van der Waals surface area contributed by atoms with Gasteiger partial charge in [-0.2, -0.15) is 0 Å². The molecule has 1 N–H and O–H groups in total. The molecule has 0 radical (unpaired) electrons. The molecule has 2 amide bonds. The van der Waals surface area contributed by atoms with Crippen molar-refractivity contribution in [1.82, 2.24) is 14.8 Å². The van der Waals surface area contributed by atoms with Gasteiger partial charge in [0.05, 0.1) is 17.7 Å². The van der Waals surface area contributed by atoms with Crippen LogP contribution in [0.1, 0.15) is 62.9 Å². The number of thiazole rings is 1. The van der Waals surface area contributed by atoms with Gasteiger partial charge in [0, 0.05) is 18.0 Å². The van der Waals surface area contributed by atoms with Crippen molar-refractivity contribution in [3.63, 3.8) is 0 Å². The van der Waals surface area contributed by atoms with Crippen LogP contribution < -0.4 is 5.32 Å². The first-order valence-corrected chi connectivity index (χ1v) is 12.9. The van der Waals surface area contributed by atoms with E-state index in [1.807, 2.05) is 18.7 Å². The predicted molar refractivity (Wildman–Crippen MR) is 125 cm³/mol. The highest BCUT2D eigenvalue weighted by atomic mass is 32.1. The molecule has 4 aliphatic rings. The third-order valence-electron chi connectivity index (χ3n) is 7.97. The van der Waals surface area contributed by atoms with Crippen molar-refractivity contribution in [2.24, 2.45) is 23.2 Å². The van der Waals surface area contributed by atoms with E-state index in [9.17, 15) is 9.59 Å². The van der Waals surface area contributed by atoms with E-state index < -0.39 is 0 Å². The van der Waals surface area contributed by atoms with Crippen LogP contribution in [-0.4, -0.2) is 59.3 Å². The van der Waals surface area contributed by atoms with Crippen LogP contribution in [-0.2, 0) is 9.59 Å². The molecule has 0 spiro atoms. The van der Waals surface area contributed by atoms with Crippen LogP contribution in [0.15, 0.2) is 0 Å². The predicted octanol–water partition coefficient (Wildman–Crippen LogP) is 4.09. The summed E-state index contributed by atoms with van der Waals surface area (Å²) in [6.07, 6.45) is 7.05. The van der Waals surface area contributed by atoms with Gasteiger partial charge in [0.1, 0.15) is 0 Å². The summed E-state index contributed by atoms with van der Waals surface area (Å²) in [7, 11) is 0. The Kier molecular flexibility index (Phi) is 6.73. The highest BCUT2D eigenvalue weighted by Crippen LogP contribution is 2.60. The van der Waals surface area contributed by atoms with E-state index in [-0.39, 0.29) is 23.8 Å². The highest BCUT2D eigenvalue weighted by Gasteiger charge is 2.55. The lowest BCUT2D eigenvalue weighted by Crippen LogP contribution is -2.56. The van der Waals surface area contributed by atoms with Gasteiger partial charge < -0.3 is 15.1 Å². The Morgan fingerprint density at radius 2 is 1.61 bits per heavy atom. The topological polar surface area (TPSA) is 65.5 Å². The van der Waals surface area contributed by atoms with Gasteiger partial charge in [-0.1, -0.05) is 13.8 Å². The zero-order chi connectivity index (χ0) is 22.2. The van der Waals surface area contributed by atoms with E-state index >= 15 is 0 Å². The second kappa shape index (κ2) is 9.18. The fourth-order valence-corrected chi connectivity index (χ4v) is 7.45. The third kappa shape index (κ3) is 4.82. The number of hydrogen-bond donors (Lipinski definition) is 1. The molecule has 0 unspecified atom stereocenters. The number of rotatable bonds is 9. The number of nitrogens with zero attached hydrogens (tertiary/aromatic N) is 3. The van der Waals surface area contributed by atoms with E-state index in [0.717, 1.165) is 67.2 Å². The molecule has 0 atom stereocenters. The molecular formula is C24H38N4O2S. The molecule has 4 fully saturated rings. The normalized spacial score (nSPS) is 28.9. The van der Waals surface area contributed by atoms with Crippen LogP contribution >= 0.6 is 11.3 Å². The number of nitrogens with one attached hydrogen (secondary N) is 1. The van der Waals surface area contributed by atoms with E-state index in [0.29, 0.717) is 11.7 Å². The second-order valence-corrected chi connectivity index (χ2v) is 11.4. The first-order valence-electron chi connectivity index (χ1n) is 12.1. The van der Waals surface area contributed by atoms with Gasteiger partial charge in [-0.3, -0.25) is 9.59 Å². The summed E-state index contributed by atoms with van der Waals surface area (Å²) in [6.45, 7) is 11.7. The highest BCUT2D eigenvalue weighted by molar-refractivity contribution is 7.15. The number of aryl methyl sites for hydroxylation is 2. The number of amides is 2. The maximum Gasteiger partial charge on any atom is 0.245 e. The van der Waals surface area contributed by atoms with Crippen LogP contribution in [0.2, 0.25) is 0 Å². The lowest BCUT2D eigenvalue weighted by molar-refractivity contribution is -0.159. The van der Waals surface area contributed by atoms with E-state index in [1.165, 1.54) is 30.6 Å². The average Bonchev–Trinajstić information content (AvgIpc) is 3.02. The molecular weight excluding hydrogens is 408 g/mol. The Hall–Kier alpha value is -1.47. The Labute approximate surface area is 190 Å². The van der Waals surface area contributed by atoms with Gasteiger partial charge in [-0.15, -0.1) is 11.3 Å². The monoisotopic (exact) mass is 446 g/mol. The number of hydrogen-bond acceptors (Lipinski definition) is 5. The molecule has 6 nitrogen and oxygen atoms in total. The number of anilines is 1. The molecule has 1 heterocycles. The van der Waals surface area contributed by atoms with Crippen LogP contribution in [0.25, 0.3) is 0 Å². The minimum absolute atomic E-state index is 0.125. The van der Waals surface area contributed by atoms with Gasteiger partial charge in [0.15, 0.2) is 5.13 Å². The Bertz CT molecular complexity index is 762. The molecule has 4 saturated carbocycles. The van der Waals surface area contributed by atoms with Crippen molar-refractivity contribution in [2.45, 2.75) is 66.2 Å². The number of aromatic nitrogens is 1. The van der Waals surface area contributed by atoms with E-state index in [2.05, 4.69) is 29.0 Å². The lowest BCUT2D eigenvalue weighted by Gasteiger charge is -2.56. The zero-order valence-electron chi connectivity index (χ0n) is 19.6. The van der Waals surface area contributed by atoms with Gasteiger partial charge in [-0.25, -0.2) is 4.98 Å². The van der Waals surface area contributed by atoms with Crippen LogP contribution in [0.5, 0.6) is 0 Å². The fraction of sp³-hybridized carbons (Fsp3) is 0.792. The van der Waals surface area contributed by atoms with Crippen molar-refractivity contribution >= 4 is 28.3 Å². The maximum atomic E-state index is 13.9. The molecule has 1 aromatic rings. The summed E-state index contributed by atoms with van der Waals surface area (Å²) in [5.41, 5.74) is 0.732. The molecule has 7 heteroatoms. The molecule has 4 bridgehead atoms. The first kappa shape index (κ1) is 22.7. The van der Waals surface area contributed by atoms with Gasteiger partial charge in [0.2, 0.25) is 11.8 Å². The SMILES string of the molecule is CCN(CC)CCN(CC(=O)Nc1nc(C)c(C)s1)C(=O)C12CC3CC(CC(C3)C1)C2. The van der Waals surface area contributed by atoms with Crippen molar-refractivity contribution < 1.29 is 9.59 Å². The zero-order valence-corrected chi connectivity index (χ0v) is 20.4. The number of carbonyl (C=O) groups is 2. The van der Waals surface area contributed by atoms with Crippen LogP contribution in [0, 0.1) is 37.0 Å². The summed E-state index contributed by atoms with van der Waals surface area (Å²) in [5.74, 6) is 2.26. The van der Waals surface area contributed by atoms with Crippen LogP contribution in [0.3, 0.4) is 0 Å². The first-order chi connectivity index (χ1) is 14.8. The second-order valence-electron chi connectivity index (χ2n) is 10.2. The summed E-state index contributed by atoms with van der Waals surface area (Å²) in [4.78, 5) is 36.6. The molecule has 31 heavy (non-hydrogen) atoms.